The van der Waals surface area contributed by atoms with Gasteiger partial charge in [-0.3, -0.25) is 0 Å². The van der Waals surface area contributed by atoms with E-state index in [0.717, 1.165) is 5.69 Å². The van der Waals surface area contributed by atoms with Crippen molar-refractivity contribution in [3.63, 3.8) is 0 Å². The Labute approximate surface area is 122 Å². The Kier molecular flexibility index (Phi) is 5.96. The minimum atomic E-state index is -0.171. The Bertz CT molecular complexity index is 429. The number of rotatable bonds is 6. The topological polar surface area (TPSA) is 24.5 Å². The van der Waals surface area contributed by atoms with Gasteiger partial charge in [-0.05, 0) is 39.8 Å². The van der Waals surface area contributed by atoms with Crippen molar-refractivity contribution in [2.45, 2.75) is 45.8 Å². The van der Waals surface area contributed by atoms with Gasteiger partial charge in [-0.15, -0.1) is 0 Å². The number of anilines is 1. The molecule has 0 aliphatic heterocycles. The average Bonchev–Trinajstić information content (AvgIpc) is 2.35. The van der Waals surface area contributed by atoms with Crippen LogP contribution < -0.4 is 10.2 Å². The van der Waals surface area contributed by atoms with Crippen LogP contribution in [0.3, 0.4) is 0 Å². The minimum Gasteiger partial charge on any atom is -0.383 e. The molecule has 0 spiro atoms. The number of hydrogen-bond acceptors (Lipinski definition) is 3. The second-order valence-electron chi connectivity index (χ2n) is 6.26. The number of methoxy groups -OCH3 is 1. The molecule has 0 fully saturated rings. The Morgan fingerprint density at radius 1 is 1.35 bits per heavy atom. The van der Waals surface area contributed by atoms with Gasteiger partial charge in [0.25, 0.3) is 0 Å². The molecule has 0 amide bonds. The zero-order valence-electron chi connectivity index (χ0n) is 13.5. The summed E-state index contributed by atoms with van der Waals surface area (Å²) in [7, 11) is 3.65. The first kappa shape index (κ1) is 16.9. The lowest BCUT2D eigenvalue weighted by Gasteiger charge is -2.30. The maximum Gasteiger partial charge on any atom is 0.129 e. The van der Waals surface area contributed by atoms with Crippen molar-refractivity contribution >= 4 is 5.69 Å². The maximum absolute atomic E-state index is 14.1. The monoisotopic (exact) mass is 282 g/mol. The molecule has 0 aromatic heterocycles. The van der Waals surface area contributed by atoms with E-state index in [9.17, 15) is 4.39 Å². The van der Waals surface area contributed by atoms with Gasteiger partial charge in [0, 0.05) is 43.5 Å². The van der Waals surface area contributed by atoms with Gasteiger partial charge in [0.1, 0.15) is 5.82 Å². The molecular formula is C16H27FN2O. The summed E-state index contributed by atoms with van der Waals surface area (Å²) in [5.74, 6) is -0.171. The molecule has 0 bridgehead atoms. The standard InChI is InChI=1S/C16H27FN2O/c1-12(11-20-6)19(5)15-9-7-8-14(17)13(15)10-18-16(2,3)4/h7-9,12,18H,10-11H2,1-6H3. The quantitative estimate of drug-likeness (QED) is 0.867. The SMILES string of the molecule is COCC(C)N(C)c1cccc(F)c1CNC(C)(C)C. The van der Waals surface area contributed by atoms with Gasteiger partial charge in [0.05, 0.1) is 6.61 Å². The molecule has 0 radical (unpaired) electrons. The Morgan fingerprint density at radius 3 is 2.55 bits per heavy atom. The molecular weight excluding hydrogens is 255 g/mol. The zero-order valence-corrected chi connectivity index (χ0v) is 13.5. The van der Waals surface area contributed by atoms with Crippen LogP contribution in [0.4, 0.5) is 10.1 Å². The fraction of sp³-hybridized carbons (Fsp3) is 0.625. The molecule has 1 aromatic carbocycles. The maximum atomic E-state index is 14.1. The van der Waals surface area contributed by atoms with Gasteiger partial charge in [-0.1, -0.05) is 6.07 Å². The summed E-state index contributed by atoms with van der Waals surface area (Å²) in [5.41, 5.74) is 1.56. The number of benzene rings is 1. The van der Waals surface area contributed by atoms with Crippen molar-refractivity contribution in [3.05, 3.63) is 29.6 Å². The third kappa shape index (κ3) is 4.76. The molecule has 0 saturated carbocycles. The summed E-state index contributed by atoms with van der Waals surface area (Å²) in [6.07, 6.45) is 0. The van der Waals surface area contributed by atoms with Crippen molar-refractivity contribution in [2.75, 3.05) is 25.7 Å². The molecule has 0 aliphatic carbocycles. The highest BCUT2D eigenvalue weighted by molar-refractivity contribution is 5.54. The van der Waals surface area contributed by atoms with E-state index in [-0.39, 0.29) is 17.4 Å². The van der Waals surface area contributed by atoms with Crippen LogP contribution in [0.5, 0.6) is 0 Å². The molecule has 114 valence electrons. The summed E-state index contributed by atoms with van der Waals surface area (Å²) in [4.78, 5) is 2.06. The Hall–Kier alpha value is -1.13. The van der Waals surface area contributed by atoms with E-state index >= 15 is 0 Å². The number of ether oxygens (including phenoxy) is 1. The smallest absolute Gasteiger partial charge is 0.129 e. The molecule has 1 rings (SSSR count). The molecule has 20 heavy (non-hydrogen) atoms. The van der Waals surface area contributed by atoms with Crippen LogP contribution in [0.1, 0.15) is 33.3 Å². The molecule has 1 atom stereocenters. The Morgan fingerprint density at radius 2 is 2.00 bits per heavy atom. The predicted molar refractivity (Wildman–Crippen MR) is 82.7 cm³/mol. The summed E-state index contributed by atoms with van der Waals surface area (Å²) in [5, 5.41) is 3.35. The van der Waals surface area contributed by atoms with Crippen LogP contribution in [0.2, 0.25) is 0 Å². The van der Waals surface area contributed by atoms with Gasteiger partial charge in [-0.2, -0.15) is 0 Å². The number of halogens is 1. The van der Waals surface area contributed by atoms with Gasteiger partial charge in [-0.25, -0.2) is 4.39 Å². The van der Waals surface area contributed by atoms with Crippen LogP contribution in [0.25, 0.3) is 0 Å². The van der Waals surface area contributed by atoms with Crippen molar-refractivity contribution in [3.8, 4) is 0 Å². The first-order valence-electron chi connectivity index (χ1n) is 7.00. The second-order valence-corrected chi connectivity index (χ2v) is 6.26. The molecule has 0 saturated heterocycles. The van der Waals surface area contributed by atoms with E-state index in [4.69, 9.17) is 4.74 Å². The van der Waals surface area contributed by atoms with Crippen LogP contribution in [0.15, 0.2) is 18.2 Å². The van der Waals surface area contributed by atoms with Gasteiger partial charge >= 0.3 is 0 Å². The summed E-state index contributed by atoms with van der Waals surface area (Å²) in [6.45, 7) is 9.41. The first-order chi connectivity index (χ1) is 9.26. The first-order valence-corrected chi connectivity index (χ1v) is 7.00. The number of hydrogen-bond donors (Lipinski definition) is 1. The number of nitrogens with zero attached hydrogens (tertiary/aromatic N) is 1. The molecule has 4 heteroatoms. The highest BCUT2D eigenvalue weighted by Gasteiger charge is 2.18. The lowest BCUT2D eigenvalue weighted by atomic mass is 10.1. The average molecular weight is 282 g/mol. The molecule has 0 heterocycles. The number of likely N-dealkylation sites (N-methyl/N-ethyl adjacent to an activating group) is 1. The lowest BCUT2D eigenvalue weighted by molar-refractivity contribution is 0.183. The van der Waals surface area contributed by atoms with Crippen LogP contribution in [-0.4, -0.2) is 32.3 Å². The van der Waals surface area contributed by atoms with E-state index in [1.807, 2.05) is 13.1 Å². The summed E-state index contributed by atoms with van der Waals surface area (Å²) >= 11 is 0. The summed E-state index contributed by atoms with van der Waals surface area (Å²) < 4.78 is 19.3. The fourth-order valence-corrected chi connectivity index (χ4v) is 2.00. The third-order valence-electron chi connectivity index (χ3n) is 3.34. The highest BCUT2D eigenvalue weighted by atomic mass is 19.1. The minimum absolute atomic E-state index is 0.0454. The van der Waals surface area contributed by atoms with E-state index in [1.165, 1.54) is 6.07 Å². The van der Waals surface area contributed by atoms with Crippen molar-refractivity contribution in [2.24, 2.45) is 0 Å². The summed E-state index contributed by atoms with van der Waals surface area (Å²) in [6, 6.07) is 5.41. The third-order valence-corrected chi connectivity index (χ3v) is 3.34. The molecule has 1 N–H and O–H groups in total. The second kappa shape index (κ2) is 7.04. The Balaban J connectivity index is 2.98. The molecule has 3 nitrogen and oxygen atoms in total. The van der Waals surface area contributed by atoms with Crippen LogP contribution in [0, 0.1) is 5.82 Å². The van der Waals surface area contributed by atoms with E-state index < -0.39 is 0 Å². The highest BCUT2D eigenvalue weighted by Crippen LogP contribution is 2.24. The fourth-order valence-electron chi connectivity index (χ4n) is 2.00. The van der Waals surface area contributed by atoms with Crippen molar-refractivity contribution in [1.82, 2.24) is 5.32 Å². The van der Waals surface area contributed by atoms with Gasteiger partial charge < -0.3 is 15.0 Å². The van der Waals surface area contributed by atoms with Crippen LogP contribution in [-0.2, 0) is 11.3 Å². The largest absolute Gasteiger partial charge is 0.383 e. The van der Waals surface area contributed by atoms with E-state index in [2.05, 4.69) is 37.9 Å². The molecule has 1 aromatic rings. The zero-order chi connectivity index (χ0) is 15.3. The number of nitrogens with one attached hydrogen (secondary N) is 1. The molecule has 1 unspecified atom stereocenters. The normalized spacial score (nSPS) is 13.3. The van der Waals surface area contributed by atoms with Crippen molar-refractivity contribution in [1.29, 1.82) is 0 Å². The van der Waals surface area contributed by atoms with Gasteiger partial charge in [0.2, 0.25) is 0 Å². The van der Waals surface area contributed by atoms with Gasteiger partial charge in [0.15, 0.2) is 0 Å². The van der Waals surface area contributed by atoms with Crippen molar-refractivity contribution < 1.29 is 9.13 Å². The van der Waals surface area contributed by atoms with E-state index in [0.29, 0.717) is 18.7 Å². The predicted octanol–water partition coefficient (Wildman–Crippen LogP) is 3.18. The van der Waals surface area contributed by atoms with Crippen LogP contribution >= 0.6 is 0 Å². The molecule has 0 aliphatic rings. The lowest BCUT2D eigenvalue weighted by Crippen LogP contribution is -2.37. The van der Waals surface area contributed by atoms with E-state index in [1.54, 1.807) is 13.2 Å².